The lowest BCUT2D eigenvalue weighted by Crippen LogP contribution is -2.31. The summed E-state index contributed by atoms with van der Waals surface area (Å²) in [7, 11) is 0. The molecule has 80 valence electrons. The number of imide groups is 1. The van der Waals surface area contributed by atoms with Crippen molar-refractivity contribution < 1.29 is 19.4 Å². The van der Waals surface area contributed by atoms with Crippen molar-refractivity contribution in [1.82, 2.24) is 10.3 Å². The van der Waals surface area contributed by atoms with E-state index in [0.717, 1.165) is 4.47 Å². The minimum absolute atomic E-state index is 0.0365. The molecule has 6 nitrogen and oxygen atoms in total. The summed E-state index contributed by atoms with van der Waals surface area (Å²) in [5.41, 5.74) is 0.635. The summed E-state index contributed by atoms with van der Waals surface area (Å²) in [6, 6.07) is 3.09. The molecule has 2 amide bonds. The highest BCUT2D eigenvalue weighted by Gasteiger charge is 2.09. The topological polar surface area (TPSA) is 88.5 Å². The molecule has 1 aromatic heterocycles. The molecule has 0 radical (unpaired) electrons. The van der Waals surface area contributed by atoms with Crippen LogP contribution in [0, 0.1) is 6.92 Å². The smallest absolute Gasteiger partial charge is 0.423 e. The van der Waals surface area contributed by atoms with Crippen LogP contribution in [0.2, 0.25) is 0 Å². The number of aromatic nitrogens is 1. The van der Waals surface area contributed by atoms with Crippen LogP contribution >= 0.6 is 15.9 Å². The van der Waals surface area contributed by atoms with Gasteiger partial charge in [0.1, 0.15) is 0 Å². The number of hydrogen-bond acceptors (Lipinski definition) is 4. The highest BCUT2D eigenvalue weighted by atomic mass is 79.9. The van der Waals surface area contributed by atoms with E-state index in [4.69, 9.17) is 5.11 Å². The molecule has 15 heavy (non-hydrogen) atoms. The summed E-state index contributed by atoms with van der Waals surface area (Å²) in [5.74, 6) is 0.0365. The van der Waals surface area contributed by atoms with E-state index in [2.05, 4.69) is 25.7 Å². The first-order valence-corrected chi connectivity index (χ1v) is 4.63. The zero-order valence-corrected chi connectivity index (χ0v) is 9.24. The van der Waals surface area contributed by atoms with Gasteiger partial charge in [0, 0.05) is 10.5 Å². The second-order valence-electron chi connectivity index (χ2n) is 2.54. The van der Waals surface area contributed by atoms with Gasteiger partial charge >= 0.3 is 12.2 Å². The Kier molecular flexibility index (Phi) is 3.62. The summed E-state index contributed by atoms with van der Waals surface area (Å²) in [6.45, 7) is 1.71. The van der Waals surface area contributed by atoms with Crippen LogP contribution in [0.5, 0.6) is 5.88 Å². The largest absolute Gasteiger partial charge is 0.465 e. The first kappa shape index (κ1) is 11.4. The Morgan fingerprint density at radius 2 is 2.20 bits per heavy atom. The molecule has 7 heteroatoms. The standard InChI is InChI=1S/C8H7BrN2O4/c1-4-5(9)2-3-6(10-4)15-8(14)11-7(12)13/h2-3H,1H3,(H,11,14)(H,12,13). The lowest BCUT2D eigenvalue weighted by atomic mass is 10.4. The highest BCUT2D eigenvalue weighted by Crippen LogP contribution is 2.17. The maximum absolute atomic E-state index is 10.9. The normalized spacial score (nSPS) is 9.47. The predicted octanol–water partition coefficient (Wildman–Crippen LogP) is 1.92. The number of rotatable bonds is 1. The second-order valence-corrected chi connectivity index (χ2v) is 3.39. The number of carbonyl (C=O) groups excluding carboxylic acids is 1. The number of pyridine rings is 1. The van der Waals surface area contributed by atoms with E-state index in [9.17, 15) is 9.59 Å². The number of aryl methyl sites for hydroxylation is 1. The van der Waals surface area contributed by atoms with Crippen molar-refractivity contribution in [2.24, 2.45) is 0 Å². The number of nitrogens with zero attached hydrogens (tertiary/aromatic N) is 1. The average molecular weight is 275 g/mol. The zero-order chi connectivity index (χ0) is 11.4. The van der Waals surface area contributed by atoms with Crippen LogP contribution in [0.4, 0.5) is 9.59 Å². The van der Waals surface area contributed by atoms with Crippen molar-refractivity contribution in [2.75, 3.05) is 0 Å². The van der Waals surface area contributed by atoms with E-state index >= 15 is 0 Å². The van der Waals surface area contributed by atoms with Gasteiger partial charge in [0.2, 0.25) is 5.88 Å². The van der Waals surface area contributed by atoms with Gasteiger partial charge < -0.3 is 9.84 Å². The molecule has 0 aromatic carbocycles. The third kappa shape index (κ3) is 3.55. The van der Waals surface area contributed by atoms with Crippen molar-refractivity contribution in [3.05, 3.63) is 22.3 Å². The molecule has 1 aromatic rings. The summed E-state index contributed by atoms with van der Waals surface area (Å²) in [5, 5.41) is 9.75. The fraction of sp³-hybridized carbons (Fsp3) is 0.125. The Bertz CT molecular complexity index is 408. The van der Waals surface area contributed by atoms with Gasteiger partial charge in [-0.25, -0.2) is 19.9 Å². The molecule has 1 heterocycles. The molecule has 1 rings (SSSR count). The van der Waals surface area contributed by atoms with Crippen molar-refractivity contribution in [3.8, 4) is 5.88 Å². The maximum atomic E-state index is 10.9. The molecular formula is C8H7BrN2O4. The van der Waals surface area contributed by atoms with Crippen LogP contribution in [0.3, 0.4) is 0 Å². The number of carbonyl (C=O) groups is 2. The molecule has 0 atom stereocenters. The maximum Gasteiger partial charge on any atom is 0.423 e. The third-order valence-electron chi connectivity index (χ3n) is 1.40. The molecule has 0 fully saturated rings. The van der Waals surface area contributed by atoms with Gasteiger partial charge in [-0.3, -0.25) is 0 Å². The Labute approximate surface area is 93.4 Å². The van der Waals surface area contributed by atoms with Gasteiger partial charge in [-0.2, -0.15) is 0 Å². The summed E-state index contributed by atoms with van der Waals surface area (Å²) in [4.78, 5) is 24.8. The van der Waals surface area contributed by atoms with Crippen LogP contribution in [0.15, 0.2) is 16.6 Å². The van der Waals surface area contributed by atoms with Crippen molar-refractivity contribution >= 4 is 28.1 Å². The molecule has 0 aliphatic heterocycles. The number of amides is 2. The highest BCUT2D eigenvalue weighted by molar-refractivity contribution is 9.10. The van der Waals surface area contributed by atoms with Crippen LogP contribution in [0.25, 0.3) is 0 Å². The lowest BCUT2D eigenvalue weighted by molar-refractivity contribution is 0.176. The van der Waals surface area contributed by atoms with Crippen molar-refractivity contribution in [3.63, 3.8) is 0 Å². The van der Waals surface area contributed by atoms with Gasteiger partial charge in [0.15, 0.2) is 0 Å². The van der Waals surface area contributed by atoms with Crippen LogP contribution < -0.4 is 10.1 Å². The molecule has 0 saturated carbocycles. The SMILES string of the molecule is Cc1nc(OC(=O)NC(=O)O)ccc1Br. The van der Waals surface area contributed by atoms with Crippen LogP contribution in [0.1, 0.15) is 5.69 Å². The number of hydrogen-bond donors (Lipinski definition) is 2. The van der Waals surface area contributed by atoms with Crippen molar-refractivity contribution in [1.29, 1.82) is 0 Å². The first-order chi connectivity index (χ1) is 6.99. The monoisotopic (exact) mass is 274 g/mol. The molecule has 0 aliphatic carbocycles. The van der Waals surface area contributed by atoms with Gasteiger partial charge in [0.05, 0.1) is 5.69 Å². The second kappa shape index (κ2) is 4.74. The molecule has 0 bridgehead atoms. The number of halogens is 1. The van der Waals surface area contributed by atoms with Gasteiger partial charge in [-0.1, -0.05) is 0 Å². The van der Waals surface area contributed by atoms with Gasteiger partial charge in [-0.15, -0.1) is 0 Å². The van der Waals surface area contributed by atoms with E-state index in [1.807, 2.05) is 0 Å². The molecule has 0 saturated heterocycles. The van der Waals surface area contributed by atoms with E-state index < -0.39 is 12.2 Å². The van der Waals surface area contributed by atoms with Crippen LogP contribution in [-0.2, 0) is 0 Å². The summed E-state index contributed by atoms with van der Waals surface area (Å²) in [6.07, 6.45) is -2.56. The zero-order valence-electron chi connectivity index (χ0n) is 7.65. The van der Waals surface area contributed by atoms with Gasteiger partial charge in [-0.05, 0) is 28.9 Å². The number of nitrogens with one attached hydrogen (secondary N) is 1. The number of ether oxygens (including phenoxy) is 1. The average Bonchev–Trinajstić information content (AvgIpc) is 2.10. The minimum Gasteiger partial charge on any atom is -0.465 e. The lowest BCUT2D eigenvalue weighted by Gasteiger charge is -2.03. The predicted molar refractivity (Wildman–Crippen MR) is 53.9 cm³/mol. The first-order valence-electron chi connectivity index (χ1n) is 3.84. The summed E-state index contributed by atoms with van der Waals surface area (Å²) < 4.78 is 5.37. The van der Waals surface area contributed by atoms with E-state index in [0.29, 0.717) is 5.69 Å². The molecule has 0 aliphatic rings. The Balaban J connectivity index is 2.69. The van der Waals surface area contributed by atoms with E-state index in [-0.39, 0.29) is 5.88 Å². The quantitative estimate of drug-likeness (QED) is 0.817. The minimum atomic E-state index is -1.48. The Morgan fingerprint density at radius 1 is 1.53 bits per heavy atom. The third-order valence-corrected chi connectivity index (χ3v) is 2.24. The number of carboxylic acid groups (broad SMARTS) is 1. The molecule has 2 N–H and O–H groups in total. The van der Waals surface area contributed by atoms with E-state index in [1.165, 1.54) is 11.4 Å². The fourth-order valence-electron chi connectivity index (χ4n) is 0.786. The van der Waals surface area contributed by atoms with Crippen molar-refractivity contribution in [2.45, 2.75) is 6.92 Å². The summed E-state index contributed by atoms with van der Waals surface area (Å²) >= 11 is 3.22. The van der Waals surface area contributed by atoms with E-state index in [1.54, 1.807) is 13.0 Å². The Hall–Kier alpha value is -1.63. The molecule has 0 unspecified atom stereocenters. The molecular weight excluding hydrogens is 268 g/mol. The van der Waals surface area contributed by atoms with Crippen LogP contribution in [-0.4, -0.2) is 22.3 Å². The fourth-order valence-corrected chi connectivity index (χ4v) is 1.01. The Morgan fingerprint density at radius 3 is 2.73 bits per heavy atom. The van der Waals surface area contributed by atoms with Gasteiger partial charge in [0.25, 0.3) is 0 Å². The molecule has 0 spiro atoms.